The van der Waals surface area contributed by atoms with Gasteiger partial charge in [0.05, 0.1) is 22.6 Å². The third kappa shape index (κ3) is 3.78. The number of nitrogens with one attached hydrogen (secondary N) is 1. The smallest absolute Gasteiger partial charge is 0.207 e. The van der Waals surface area contributed by atoms with Crippen LogP contribution in [0, 0.1) is 29.6 Å². The molecule has 100 valence electrons. The lowest BCUT2D eigenvalue weighted by molar-refractivity contribution is 0.562. The summed E-state index contributed by atoms with van der Waals surface area (Å²) in [5, 5.41) is 17.7. The van der Waals surface area contributed by atoms with Gasteiger partial charge in [-0.05, 0) is 31.0 Å². The fourth-order valence-electron chi connectivity index (χ4n) is 1.65. The van der Waals surface area contributed by atoms with Crippen LogP contribution in [0.15, 0.2) is 23.1 Å². The molecule has 0 aliphatic heterocycles. The third-order valence-corrected chi connectivity index (χ3v) is 4.25. The quantitative estimate of drug-likeness (QED) is 0.888. The molecule has 0 amide bonds. The number of hydrogen-bond donors (Lipinski definition) is 1. The van der Waals surface area contributed by atoms with Gasteiger partial charge >= 0.3 is 0 Å². The van der Waals surface area contributed by atoms with Crippen LogP contribution < -0.4 is 4.72 Å². The second kappa shape index (κ2) is 6.33. The maximum atomic E-state index is 12.2. The Kier molecular flexibility index (Phi) is 5.05. The van der Waals surface area contributed by atoms with Gasteiger partial charge < -0.3 is 0 Å². The van der Waals surface area contributed by atoms with Crippen LogP contribution in [0.5, 0.6) is 0 Å². The maximum absolute atomic E-state index is 12.2. The highest BCUT2D eigenvalue weighted by molar-refractivity contribution is 7.89. The van der Waals surface area contributed by atoms with E-state index in [9.17, 15) is 8.42 Å². The van der Waals surface area contributed by atoms with E-state index in [1.807, 2.05) is 19.1 Å². The maximum Gasteiger partial charge on any atom is 0.242 e. The van der Waals surface area contributed by atoms with Crippen molar-refractivity contribution in [3.8, 4) is 12.1 Å². The molecular weight excluding hydrogens is 262 g/mol. The molecule has 19 heavy (non-hydrogen) atoms. The molecule has 0 aliphatic rings. The highest BCUT2D eigenvalue weighted by Crippen LogP contribution is 2.17. The summed E-state index contributed by atoms with van der Waals surface area (Å²) < 4.78 is 26.7. The molecule has 1 aromatic carbocycles. The van der Waals surface area contributed by atoms with Crippen LogP contribution in [0.3, 0.4) is 0 Å². The average Bonchev–Trinajstić information content (AvgIpc) is 2.38. The lowest BCUT2D eigenvalue weighted by Gasteiger charge is -2.13. The van der Waals surface area contributed by atoms with Gasteiger partial charge in [-0.3, -0.25) is 0 Å². The van der Waals surface area contributed by atoms with E-state index < -0.39 is 16.1 Å². The van der Waals surface area contributed by atoms with Crippen molar-refractivity contribution in [3.05, 3.63) is 29.3 Å². The predicted molar refractivity (Wildman–Crippen MR) is 70.5 cm³/mol. The zero-order valence-electron chi connectivity index (χ0n) is 10.8. The van der Waals surface area contributed by atoms with Crippen LogP contribution in [0.1, 0.15) is 30.9 Å². The van der Waals surface area contributed by atoms with Crippen molar-refractivity contribution in [3.63, 3.8) is 0 Å². The summed E-state index contributed by atoms with van der Waals surface area (Å²) in [7, 11) is -3.78. The largest absolute Gasteiger partial charge is 0.242 e. The topological polar surface area (TPSA) is 93.8 Å². The SMILES string of the molecule is CCCC(C#N)NS(=O)(=O)c1cc(C#N)ccc1C. The molecule has 1 N–H and O–H groups in total. The summed E-state index contributed by atoms with van der Waals surface area (Å²) in [4.78, 5) is 0.0444. The third-order valence-electron chi connectivity index (χ3n) is 2.64. The lowest BCUT2D eigenvalue weighted by atomic mass is 10.2. The first-order valence-electron chi connectivity index (χ1n) is 5.87. The summed E-state index contributed by atoms with van der Waals surface area (Å²) in [5.74, 6) is 0. The number of hydrogen-bond acceptors (Lipinski definition) is 4. The summed E-state index contributed by atoms with van der Waals surface area (Å²) in [6, 6.07) is 7.53. The van der Waals surface area contributed by atoms with Crippen LogP contribution in [-0.2, 0) is 10.0 Å². The van der Waals surface area contributed by atoms with Gasteiger partial charge in [-0.1, -0.05) is 19.4 Å². The Morgan fingerprint density at radius 2 is 2.05 bits per heavy atom. The zero-order chi connectivity index (χ0) is 14.5. The second-order valence-corrected chi connectivity index (χ2v) is 5.87. The molecule has 0 aliphatic carbocycles. The summed E-state index contributed by atoms with van der Waals surface area (Å²) in [6.07, 6.45) is 1.16. The summed E-state index contributed by atoms with van der Waals surface area (Å²) in [6.45, 7) is 3.52. The van der Waals surface area contributed by atoms with Gasteiger partial charge in [0.1, 0.15) is 6.04 Å². The molecule has 0 fully saturated rings. The first kappa shape index (κ1) is 15.2. The Morgan fingerprint density at radius 1 is 1.37 bits per heavy atom. The Bertz CT molecular complexity index is 639. The molecule has 1 unspecified atom stereocenters. The van der Waals surface area contributed by atoms with E-state index in [0.29, 0.717) is 18.4 Å². The zero-order valence-corrected chi connectivity index (χ0v) is 11.7. The Labute approximate surface area is 113 Å². The van der Waals surface area contributed by atoms with E-state index in [0.717, 1.165) is 0 Å². The number of rotatable bonds is 5. The molecule has 0 saturated heterocycles. The number of sulfonamides is 1. The van der Waals surface area contributed by atoms with E-state index in [1.54, 1.807) is 19.1 Å². The van der Waals surface area contributed by atoms with E-state index >= 15 is 0 Å². The van der Waals surface area contributed by atoms with E-state index in [4.69, 9.17) is 10.5 Å². The van der Waals surface area contributed by atoms with Crippen molar-refractivity contribution in [2.24, 2.45) is 0 Å². The Hall–Kier alpha value is -1.89. The average molecular weight is 277 g/mol. The van der Waals surface area contributed by atoms with Crippen LogP contribution in [-0.4, -0.2) is 14.5 Å². The van der Waals surface area contributed by atoms with Crippen molar-refractivity contribution >= 4 is 10.0 Å². The first-order valence-corrected chi connectivity index (χ1v) is 7.35. The van der Waals surface area contributed by atoms with Crippen molar-refractivity contribution in [2.75, 3.05) is 0 Å². The highest BCUT2D eigenvalue weighted by atomic mass is 32.2. The van der Waals surface area contributed by atoms with Gasteiger partial charge in [0.15, 0.2) is 0 Å². The summed E-state index contributed by atoms with van der Waals surface area (Å²) >= 11 is 0. The Balaban J connectivity index is 3.14. The van der Waals surface area contributed by atoms with Gasteiger partial charge in [0.25, 0.3) is 0 Å². The van der Waals surface area contributed by atoms with Crippen LogP contribution in [0.4, 0.5) is 0 Å². The lowest BCUT2D eigenvalue weighted by Crippen LogP contribution is -2.34. The highest BCUT2D eigenvalue weighted by Gasteiger charge is 2.21. The van der Waals surface area contributed by atoms with Gasteiger partial charge in [-0.25, -0.2) is 8.42 Å². The van der Waals surface area contributed by atoms with Gasteiger partial charge in [0, 0.05) is 0 Å². The molecule has 1 aromatic rings. The second-order valence-electron chi connectivity index (χ2n) is 4.18. The fraction of sp³-hybridized carbons (Fsp3) is 0.385. The molecule has 1 atom stereocenters. The minimum absolute atomic E-state index is 0.0444. The van der Waals surface area contributed by atoms with Crippen molar-refractivity contribution in [2.45, 2.75) is 37.6 Å². The molecule has 0 spiro atoms. The van der Waals surface area contributed by atoms with Crippen LogP contribution >= 0.6 is 0 Å². The van der Waals surface area contributed by atoms with E-state index in [-0.39, 0.29) is 10.5 Å². The molecule has 0 radical (unpaired) electrons. The van der Waals surface area contributed by atoms with Crippen molar-refractivity contribution in [1.29, 1.82) is 10.5 Å². The molecule has 0 heterocycles. The predicted octanol–water partition coefficient (Wildman–Crippen LogP) is 1.84. The van der Waals surface area contributed by atoms with Crippen LogP contribution in [0.2, 0.25) is 0 Å². The minimum Gasteiger partial charge on any atom is -0.207 e. The number of nitrogens with zero attached hydrogens (tertiary/aromatic N) is 2. The molecule has 0 bridgehead atoms. The van der Waals surface area contributed by atoms with Crippen molar-refractivity contribution in [1.82, 2.24) is 4.72 Å². The fourth-order valence-corrected chi connectivity index (χ4v) is 3.09. The molecule has 0 saturated carbocycles. The van der Waals surface area contributed by atoms with Crippen LogP contribution in [0.25, 0.3) is 0 Å². The number of benzene rings is 1. The van der Waals surface area contributed by atoms with Gasteiger partial charge in [0.2, 0.25) is 10.0 Å². The van der Waals surface area contributed by atoms with E-state index in [1.165, 1.54) is 6.07 Å². The van der Waals surface area contributed by atoms with E-state index in [2.05, 4.69) is 4.72 Å². The minimum atomic E-state index is -3.78. The molecule has 5 nitrogen and oxygen atoms in total. The standard InChI is InChI=1S/C13H15N3O2S/c1-3-4-12(9-15)16-19(17,18)13-7-11(8-14)6-5-10(13)2/h5-7,12,16H,3-4H2,1-2H3. The molecule has 1 rings (SSSR count). The number of aryl methyl sites for hydroxylation is 1. The Morgan fingerprint density at radius 3 is 2.58 bits per heavy atom. The van der Waals surface area contributed by atoms with Gasteiger partial charge in [-0.2, -0.15) is 15.2 Å². The van der Waals surface area contributed by atoms with Gasteiger partial charge in [-0.15, -0.1) is 0 Å². The molecule has 6 heteroatoms. The summed E-state index contributed by atoms with van der Waals surface area (Å²) in [5.41, 5.74) is 0.815. The first-order chi connectivity index (χ1) is 8.94. The van der Waals surface area contributed by atoms with Crippen molar-refractivity contribution < 1.29 is 8.42 Å². The normalized spacial score (nSPS) is 12.4. The monoisotopic (exact) mass is 277 g/mol. The molecule has 0 aromatic heterocycles. The molecular formula is C13H15N3O2S. The number of nitriles is 2.